The van der Waals surface area contributed by atoms with Crippen molar-refractivity contribution in [2.24, 2.45) is 5.73 Å². The van der Waals surface area contributed by atoms with Crippen molar-refractivity contribution >= 4 is 23.0 Å². The fraction of sp³-hybridized carbons (Fsp3) is 0.269. The van der Waals surface area contributed by atoms with Crippen molar-refractivity contribution in [3.63, 3.8) is 0 Å². The van der Waals surface area contributed by atoms with Gasteiger partial charge in [0.1, 0.15) is 17.0 Å². The maximum Gasteiger partial charge on any atom is 0.238 e. The molecule has 6 nitrogen and oxygen atoms in total. The van der Waals surface area contributed by atoms with Crippen LogP contribution in [0.1, 0.15) is 45.7 Å². The van der Waals surface area contributed by atoms with Gasteiger partial charge in [-0.3, -0.25) is 9.59 Å². The predicted molar refractivity (Wildman–Crippen MR) is 129 cm³/mol. The number of carbonyl (C=O) groups is 2. The second-order valence-electron chi connectivity index (χ2n) is 8.13. The molecule has 1 aliphatic heterocycles. The number of nitrogens with one attached hydrogen (secondary N) is 2. The average molecular weight is 459 g/mol. The molecule has 0 bridgehead atoms. The zero-order valence-electron chi connectivity index (χ0n) is 18.1. The maximum absolute atomic E-state index is 13.4. The third-order valence-corrected chi connectivity index (χ3v) is 7.03. The summed E-state index contributed by atoms with van der Waals surface area (Å²) in [4.78, 5) is 27.9. The first-order valence-electron chi connectivity index (χ1n) is 11.0. The maximum atomic E-state index is 13.4. The molecule has 4 N–H and O–H groups in total. The van der Waals surface area contributed by atoms with Crippen LogP contribution in [0.2, 0.25) is 0 Å². The average Bonchev–Trinajstić information content (AvgIpc) is 3.56. The zero-order valence-corrected chi connectivity index (χ0v) is 18.9. The van der Waals surface area contributed by atoms with Gasteiger partial charge in [-0.25, -0.2) is 0 Å². The van der Waals surface area contributed by atoms with E-state index in [1.807, 2.05) is 60.7 Å². The number of hydrogen-bond donors (Lipinski definition) is 3. The second-order valence-corrected chi connectivity index (χ2v) is 9.25. The van der Waals surface area contributed by atoms with E-state index in [0.717, 1.165) is 30.5 Å². The summed E-state index contributed by atoms with van der Waals surface area (Å²) in [6.45, 7) is 0.772. The first kappa shape index (κ1) is 22.9. The SMILES string of the molecule is N#Cc1ccc(C(NC(=O)[C@H](N)C(c2ccccc2)c2ccccc2)C(=O)[C@@H]2CCCN2)s1. The summed E-state index contributed by atoms with van der Waals surface area (Å²) in [7, 11) is 0. The summed E-state index contributed by atoms with van der Waals surface area (Å²) in [5, 5.41) is 15.4. The molecule has 3 atom stereocenters. The van der Waals surface area contributed by atoms with Crippen LogP contribution >= 0.6 is 11.3 Å². The van der Waals surface area contributed by atoms with Crippen LogP contribution in [-0.4, -0.2) is 30.3 Å². The number of Topliss-reactive ketones (excluding diaryl/α,β-unsaturated/α-hetero) is 1. The third kappa shape index (κ3) is 5.20. The lowest BCUT2D eigenvalue weighted by Crippen LogP contribution is -2.49. The molecular weight excluding hydrogens is 432 g/mol. The van der Waals surface area contributed by atoms with Crippen LogP contribution in [0, 0.1) is 11.3 Å². The highest BCUT2D eigenvalue weighted by Gasteiger charge is 2.35. The fourth-order valence-electron chi connectivity index (χ4n) is 4.30. The fourth-order valence-corrected chi connectivity index (χ4v) is 5.16. The zero-order chi connectivity index (χ0) is 23.2. The highest BCUT2D eigenvalue weighted by atomic mass is 32.1. The number of carbonyl (C=O) groups excluding carboxylic acids is 2. The molecule has 1 amide bonds. The Kier molecular flexibility index (Phi) is 7.30. The number of ketones is 1. The molecule has 168 valence electrons. The molecule has 4 rings (SSSR count). The van der Waals surface area contributed by atoms with Crippen LogP contribution in [0.25, 0.3) is 0 Å². The van der Waals surface area contributed by atoms with Crippen molar-refractivity contribution in [3.8, 4) is 6.07 Å². The van der Waals surface area contributed by atoms with Gasteiger partial charge < -0.3 is 16.4 Å². The Morgan fingerprint density at radius 1 is 1.03 bits per heavy atom. The van der Waals surface area contributed by atoms with E-state index in [9.17, 15) is 14.9 Å². The van der Waals surface area contributed by atoms with E-state index in [2.05, 4.69) is 16.7 Å². The Bertz CT molecular complexity index is 1090. The van der Waals surface area contributed by atoms with Crippen molar-refractivity contribution in [2.45, 2.75) is 36.9 Å². The second kappa shape index (κ2) is 10.5. The summed E-state index contributed by atoms with van der Waals surface area (Å²) < 4.78 is 0. The minimum Gasteiger partial charge on any atom is -0.340 e. The largest absolute Gasteiger partial charge is 0.340 e. The van der Waals surface area contributed by atoms with Gasteiger partial charge in [-0.1, -0.05) is 60.7 Å². The van der Waals surface area contributed by atoms with Crippen molar-refractivity contribution in [1.29, 1.82) is 5.26 Å². The van der Waals surface area contributed by atoms with E-state index in [4.69, 9.17) is 5.73 Å². The Balaban J connectivity index is 1.63. The number of nitriles is 1. The van der Waals surface area contributed by atoms with E-state index in [-0.39, 0.29) is 17.7 Å². The Morgan fingerprint density at radius 2 is 1.67 bits per heavy atom. The molecule has 7 heteroatoms. The van der Waals surface area contributed by atoms with Gasteiger partial charge in [0.25, 0.3) is 0 Å². The highest BCUT2D eigenvalue weighted by Crippen LogP contribution is 2.30. The normalized spacial score (nSPS) is 17.3. The Labute approximate surface area is 197 Å². The molecular formula is C26H26N4O2S. The molecule has 0 saturated carbocycles. The third-order valence-electron chi connectivity index (χ3n) is 5.98. The number of hydrogen-bond acceptors (Lipinski definition) is 6. The number of thiophene rings is 1. The van der Waals surface area contributed by atoms with Gasteiger partial charge >= 0.3 is 0 Å². The first-order valence-corrected chi connectivity index (χ1v) is 11.8. The molecule has 33 heavy (non-hydrogen) atoms. The molecule has 0 aliphatic carbocycles. The summed E-state index contributed by atoms with van der Waals surface area (Å²) in [5.41, 5.74) is 8.40. The van der Waals surface area contributed by atoms with Crippen molar-refractivity contribution in [2.75, 3.05) is 6.54 Å². The molecule has 3 aromatic rings. The van der Waals surface area contributed by atoms with Crippen LogP contribution in [0.5, 0.6) is 0 Å². The lowest BCUT2D eigenvalue weighted by Gasteiger charge is -2.27. The van der Waals surface area contributed by atoms with Gasteiger partial charge in [0.2, 0.25) is 5.91 Å². The van der Waals surface area contributed by atoms with Crippen LogP contribution in [-0.2, 0) is 9.59 Å². The lowest BCUT2D eigenvalue weighted by molar-refractivity contribution is -0.129. The number of nitrogens with two attached hydrogens (primary N) is 1. The van der Waals surface area contributed by atoms with Gasteiger partial charge in [0.05, 0.1) is 12.1 Å². The minimum absolute atomic E-state index is 0.102. The van der Waals surface area contributed by atoms with Crippen LogP contribution in [0.3, 0.4) is 0 Å². The van der Waals surface area contributed by atoms with Crippen LogP contribution < -0.4 is 16.4 Å². The topological polar surface area (TPSA) is 108 Å². The molecule has 1 saturated heterocycles. The molecule has 2 heterocycles. The van der Waals surface area contributed by atoms with E-state index < -0.39 is 18.0 Å². The molecule has 0 radical (unpaired) electrons. The van der Waals surface area contributed by atoms with Crippen LogP contribution in [0.4, 0.5) is 0 Å². The lowest BCUT2D eigenvalue weighted by atomic mass is 9.85. The van der Waals surface area contributed by atoms with E-state index >= 15 is 0 Å². The Morgan fingerprint density at radius 3 is 2.18 bits per heavy atom. The van der Waals surface area contributed by atoms with E-state index in [1.165, 1.54) is 11.3 Å². The molecule has 1 aromatic heterocycles. The smallest absolute Gasteiger partial charge is 0.238 e. The van der Waals surface area contributed by atoms with Gasteiger partial charge in [-0.2, -0.15) is 5.26 Å². The molecule has 1 aliphatic rings. The first-order chi connectivity index (χ1) is 16.1. The van der Waals surface area contributed by atoms with Crippen LogP contribution in [0.15, 0.2) is 72.8 Å². The van der Waals surface area contributed by atoms with Gasteiger partial charge in [-0.15, -0.1) is 11.3 Å². The quantitative estimate of drug-likeness (QED) is 0.480. The number of nitrogens with zero attached hydrogens (tertiary/aromatic N) is 1. The number of benzene rings is 2. The molecule has 1 fully saturated rings. The summed E-state index contributed by atoms with van der Waals surface area (Å²) in [6.07, 6.45) is 1.64. The highest BCUT2D eigenvalue weighted by molar-refractivity contribution is 7.12. The van der Waals surface area contributed by atoms with Gasteiger partial charge in [0.15, 0.2) is 5.78 Å². The van der Waals surface area contributed by atoms with Crippen molar-refractivity contribution < 1.29 is 9.59 Å². The van der Waals surface area contributed by atoms with Gasteiger partial charge in [0, 0.05) is 10.8 Å². The van der Waals surface area contributed by atoms with Gasteiger partial charge in [-0.05, 0) is 42.6 Å². The number of amides is 1. The monoisotopic (exact) mass is 458 g/mol. The number of rotatable bonds is 8. The van der Waals surface area contributed by atoms with E-state index in [0.29, 0.717) is 9.75 Å². The molecule has 1 unspecified atom stereocenters. The minimum atomic E-state index is -0.906. The molecule has 0 spiro atoms. The standard InChI is InChI=1S/C26H26N4O2S/c27-16-19-13-14-21(33-19)24(25(31)20-12-7-15-29-20)30-26(32)23(28)22(17-8-3-1-4-9-17)18-10-5-2-6-11-18/h1-6,8-11,13-14,20,22-24,29H,7,12,15,28H2,(H,30,32)/t20-,23+,24?/m0/s1. The Hall–Kier alpha value is -3.31. The summed E-state index contributed by atoms with van der Waals surface area (Å²) >= 11 is 1.22. The summed E-state index contributed by atoms with van der Waals surface area (Å²) in [5.74, 6) is -0.878. The van der Waals surface area contributed by atoms with Crippen molar-refractivity contribution in [1.82, 2.24) is 10.6 Å². The van der Waals surface area contributed by atoms with Crippen molar-refractivity contribution in [3.05, 3.63) is 93.7 Å². The predicted octanol–water partition coefficient (Wildman–Crippen LogP) is 3.26. The molecule has 2 aromatic carbocycles. The van der Waals surface area contributed by atoms with E-state index in [1.54, 1.807) is 12.1 Å². The summed E-state index contributed by atoms with van der Waals surface area (Å²) in [6, 6.07) is 22.8.